The van der Waals surface area contributed by atoms with Gasteiger partial charge in [-0.2, -0.15) is 0 Å². The van der Waals surface area contributed by atoms with Crippen molar-refractivity contribution in [2.24, 2.45) is 0 Å². The Balaban J connectivity index is 2.26. The number of hydrogen-bond acceptors (Lipinski definition) is 2. The van der Waals surface area contributed by atoms with Crippen molar-refractivity contribution < 1.29 is 9.59 Å². The molecule has 0 unspecified atom stereocenters. The summed E-state index contributed by atoms with van der Waals surface area (Å²) >= 11 is 0. The molecule has 0 N–H and O–H groups in total. The summed E-state index contributed by atoms with van der Waals surface area (Å²) in [5.74, 6) is 0.999. The van der Waals surface area contributed by atoms with Crippen molar-refractivity contribution in [3.63, 3.8) is 0 Å². The van der Waals surface area contributed by atoms with E-state index in [1.807, 2.05) is 42.3 Å². The topological polar surface area (TPSA) is 37.4 Å². The van der Waals surface area contributed by atoms with E-state index in [2.05, 4.69) is 0 Å². The van der Waals surface area contributed by atoms with E-state index in [-0.39, 0.29) is 12.3 Å². The molecule has 20 heavy (non-hydrogen) atoms. The van der Waals surface area contributed by atoms with Gasteiger partial charge in [0.05, 0.1) is 12.1 Å². The van der Waals surface area contributed by atoms with Gasteiger partial charge in [-0.15, -0.1) is 6.42 Å². The van der Waals surface area contributed by atoms with Crippen LogP contribution in [0.15, 0.2) is 60.7 Å². The Kier molecular flexibility index (Phi) is 4.31. The zero-order valence-corrected chi connectivity index (χ0v) is 10.8. The number of terminal acetylenes is 1. The van der Waals surface area contributed by atoms with Gasteiger partial charge in [0, 0.05) is 0 Å². The first-order valence-corrected chi connectivity index (χ1v) is 6.15. The lowest BCUT2D eigenvalue weighted by molar-refractivity contribution is -0.123. The fourth-order valence-corrected chi connectivity index (χ4v) is 1.87. The summed E-state index contributed by atoms with van der Waals surface area (Å²) in [5.41, 5.74) is 1.32. The summed E-state index contributed by atoms with van der Waals surface area (Å²) in [6, 6.07) is 17.9. The highest BCUT2D eigenvalue weighted by molar-refractivity contribution is 6.21. The molecule has 0 fully saturated rings. The summed E-state index contributed by atoms with van der Waals surface area (Å²) in [6.45, 7) is 0. The van der Waals surface area contributed by atoms with E-state index in [0.29, 0.717) is 5.69 Å². The van der Waals surface area contributed by atoms with Gasteiger partial charge < -0.3 is 0 Å². The third-order valence-electron chi connectivity index (χ3n) is 2.79. The van der Waals surface area contributed by atoms with Crippen LogP contribution in [0, 0.1) is 12.3 Å². The molecule has 2 aromatic rings. The third-order valence-corrected chi connectivity index (χ3v) is 2.79. The Labute approximate surface area is 117 Å². The standard InChI is InChI=1S/C17H13NO2/c1-2-16(19)18(15-11-7-4-8-12-15)17(20)13-14-9-5-3-6-10-14/h1,3-12H,13H2. The Morgan fingerprint density at radius 2 is 1.50 bits per heavy atom. The Morgan fingerprint density at radius 3 is 2.05 bits per heavy atom. The molecule has 2 rings (SSSR count). The van der Waals surface area contributed by atoms with Crippen LogP contribution < -0.4 is 4.90 Å². The SMILES string of the molecule is C#CC(=O)N(C(=O)Cc1ccccc1)c1ccccc1. The van der Waals surface area contributed by atoms with Crippen LogP contribution in [-0.2, 0) is 16.0 Å². The molecule has 0 spiro atoms. The maximum atomic E-state index is 12.3. The minimum atomic E-state index is -0.655. The molecule has 0 saturated carbocycles. The molecule has 0 aliphatic rings. The Morgan fingerprint density at radius 1 is 0.950 bits per heavy atom. The Bertz CT molecular complexity index is 642. The molecule has 0 atom stereocenters. The lowest BCUT2D eigenvalue weighted by atomic mass is 10.1. The van der Waals surface area contributed by atoms with E-state index in [9.17, 15) is 9.59 Å². The molecule has 3 nitrogen and oxygen atoms in total. The van der Waals surface area contributed by atoms with Crippen LogP contribution in [0.1, 0.15) is 5.56 Å². The number of anilines is 1. The molecule has 0 heterocycles. The zero-order chi connectivity index (χ0) is 14.4. The van der Waals surface area contributed by atoms with E-state index in [0.717, 1.165) is 10.5 Å². The van der Waals surface area contributed by atoms with E-state index in [1.165, 1.54) is 0 Å². The monoisotopic (exact) mass is 263 g/mol. The summed E-state index contributed by atoms with van der Waals surface area (Å²) in [7, 11) is 0. The second-order valence-corrected chi connectivity index (χ2v) is 4.18. The first kappa shape index (κ1) is 13.6. The summed E-state index contributed by atoms with van der Waals surface area (Å²) in [6.07, 6.45) is 5.28. The van der Waals surface area contributed by atoms with Crippen LogP contribution in [-0.4, -0.2) is 11.8 Å². The number of imide groups is 1. The van der Waals surface area contributed by atoms with E-state index >= 15 is 0 Å². The van der Waals surface area contributed by atoms with E-state index in [1.54, 1.807) is 24.3 Å². The first-order valence-electron chi connectivity index (χ1n) is 6.15. The first-order chi connectivity index (χ1) is 9.72. The van der Waals surface area contributed by atoms with Crippen molar-refractivity contribution in [3.8, 4) is 12.3 Å². The summed E-state index contributed by atoms with van der Waals surface area (Å²) in [5, 5.41) is 0. The highest BCUT2D eigenvalue weighted by atomic mass is 16.2. The van der Waals surface area contributed by atoms with Crippen LogP contribution in [0.3, 0.4) is 0 Å². The number of carbonyl (C=O) groups is 2. The van der Waals surface area contributed by atoms with Gasteiger partial charge in [0.25, 0.3) is 0 Å². The van der Waals surface area contributed by atoms with Crippen molar-refractivity contribution in [1.82, 2.24) is 0 Å². The third kappa shape index (κ3) is 3.12. The molecule has 0 bridgehead atoms. The molecule has 0 aliphatic carbocycles. The van der Waals surface area contributed by atoms with Gasteiger partial charge in [0.1, 0.15) is 0 Å². The highest BCUT2D eigenvalue weighted by Gasteiger charge is 2.21. The quantitative estimate of drug-likeness (QED) is 0.797. The van der Waals surface area contributed by atoms with Crippen molar-refractivity contribution >= 4 is 17.5 Å². The molecule has 98 valence electrons. The van der Waals surface area contributed by atoms with Crippen molar-refractivity contribution in [2.45, 2.75) is 6.42 Å². The molecular weight excluding hydrogens is 250 g/mol. The number of benzene rings is 2. The fraction of sp³-hybridized carbons (Fsp3) is 0.0588. The zero-order valence-electron chi connectivity index (χ0n) is 10.8. The van der Waals surface area contributed by atoms with Crippen molar-refractivity contribution in [1.29, 1.82) is 0 Å². The van der Waals surface area contributed by atoms with Gasteiger partial charge in [0.15, 0.2) is 0 Å². The predicted octanol–water partition coefficient (Wildman–Crippen LogP) is 2.42. The number of para-hydroxylation sites is 1. The van der Waals surface area contributed by atoms with Crippen LogP contribution in [0.25, 0.3) is 0 Å². The second-order valence-electron chi connectivity index (χ2n) is 4.18. The van der Waals surface area contributed by atoms with E-state index in [4.69, 9.17) is 6.42 Å². The van der Waals surface area contributed by atoms with Crippen molar-refractivity contribution in [2.75, 3.05) is 4.90 Å². The number of rotatable bonds is 3. The minimum absolute atomic E-state index is 0.128. The Hall–Kier alpha value is -2.86. The van der Waals surface area contributed by atoms with E-state index < -0.39 is 5.91 Å². The van der Waals surface area contributed by atoms with Gasteiger partial charge in [-0.05, 0) is 23.6 Å². The fourth-order valence-electron chi connectivity index (χ4n) is 1.87. The van der Waals surface area contributed by atoms with Gasteiger partial charge in [-0.1, -0.05) is 48.5 Å². The van der Waals surface area contributed by atoms with Crippen molar-refractivity contribution in [3.05, 3.63) is 66.2 Å². The number of carbonyl (C=O) groups excluding carboxylic acids is 2. The molecule has 2 aromatic carbocycles. The van der Waals surface area contributed by atoms with Crippen LogP contribution in [0.2, 0.25) is 0 Å². The lowest BCUT2D eigenvalue weighted by Gasteiger charge is -2.18. The molecule has 0 radical (unpaired) electrons. The maximum absolute atomic E-state index is 12.3. The molecule has 0 saturated heterocycles. The predicted molar refractivity (Wildman–Crippen MR) is 77.9 cm³/mol. The molecular formula is C17H13NO2. The second kappa shape index (κ2) is 6.35. The normalized spacial score (nSPS) is 9.55. The summed E-state index contributed by atoms with van der Waals surface area (Å²) < 4.78 is 0. The lowest BCUT2D eigenvalue weighted by Crippen LogP contribution is -2.37. The van der Waals surface area contributed by atoms with Gasteiger partial charge in [-0.3, -0.25) is 9.59 Å². The van der Waals surface area contributed by atoms with Gasteiger partial charge >= 0.3 is 5.91 Å². The smallest absolute Gasteiger partial charge is 0.274 e. The van der Waals surface area contributed by atoms with Crippen LogP contribution in [0.4, 0.5) is 5.69 Å². The average molecular weight is 263 g/mol. The van der Waals surface area contributed by atoms with Crippen LogP contribution >= 0.6 is 0 Å². The average Bonchev–Trinajstić information content (AvgIpc) is 2.49. The number of hydrogen-bond donors (Lipinski definition) is 0. The maximum Gasteiger partial charge on any atom is 0.309 e. The minimum Gasteiger partial charge on any atom is -0.274 e. The molecule has 3 heteroatoms. The van der Waals surface area contributed by atoms with Gasteiger partial charge in [0.2, 0.25) is 5.91 Å². The highest BCUT2D eigenvalue weighted by Crippen LogP contribution is 2.15. The number of nitrogens with zero attached hydrogens (tertiary/aromatic N) is 1. The molecule has 0 aromatic heterocycles. The summed E-state index contributed by atoms with van der Waals surface area (Å²) in [4.78, 5) is 25.2. The molecule has 0 aliphatic heterocycles. The van der Waals surface area contributed by atoms with Crippen LogP contribution in [0.5, 0.6) is 0 Å². The largest absolute Gasteiger partial charge is 0.309 e. The molecule has 2 amide bonds. The number of amides is 2. The van der Waals surface area contributed by atoms with Gasteiger partial charge in [-0.25, -0.2) is 4.90 Å².